The highest BCUT2D eigenvalue weighted by molar-refractivity contribution is 5.79. The monoisotopic (exact) mass is 387 g/mol. The van der Waals surface area contributed by atoms with Crippen LogP contribution < -0.4 is 5.32 Å². The number of aliphatic hydroxyl groups excluding tert-OH is 2. The fraction of sp³-hybridized carbons (Fsp3) is 0.708. The Labute approximate surface area is 169 Å². The number of aliphatic hydroxyl groups is 2. The quantitative estimate of drug-likeness (QED) is 0.620. The molecule has 0 radical (unpaired) electrons. The highest BCUT2D eigenvalue weighted by Crippen LogP contribution is 2.35. The molecule has 28 heavy (non-hydrogen) atoms. The Kier molecular flexibility index (Phi) is 8.35. The van der Waals surface area contributed by atoms with Crippen molar-refractivity contribution in [1.82, 2.24) is 5.32 Å². The fourth-order valence-electron chi connectivity index (χ4n) is 5.15. The van der Waals surface area contributed by atoms with Gasteiger partial charge in [0.2, 0.25) is 5.91 Å². The number of carbonyl (C=O) groups is 1. The lowest BCUT2D eigenvalue weighted by molar-refractivity contribution is -0.128. The van der Waals surface area contributed by atoms with Crippen LogP contribution in [0.4, 0.5) is 0 Å². The normalized spacial score (nSPS) is 25.8. The first kappa shape index (κ1) is 21.3. The Balaban J connectivity index is 1.48. The number of rotatable bonds is 8. The average molecular weight is 388 g/mol. The third-order valence-corrected chi connectivity index (χ3v) is 6.91. The van der Waals surface area contributed by atoms with Gasteiger partial charge < -0.3 is 15.5 Å². The van der Waals surface area contributed by atoms with Crippen molar-refractivity contribution in [3.63, 3.8) is 0 Å². The zero-order valence-electron chi connectivity index (χ0n) is 17.1. The van der Waals surface area contributed by atoms with Gasteiger partial charge in [0.1, 0.15) is 6.10 Å². The molecule has 3 N–H and O–H groups in total. The van der Waals surface area contributed by atoms with E-state index in [-0.39, 0.29) is 18.4 Å². The van der Waals surface area contributed by atoms with Gasteiger partial charge in [0.25, 0.3) is 0 Å². The van der Waals surface area contributed by atoms with Gasteiger partial charge in [0.15, 0.2) is 0 Å². The second kappa shape index (κ2) is 11.0. The van der Waals surface area contributed by atoms with E-state index in [0.29, 0.717) is 5.92 Å². The molecule has 3 rings (SSSR count). The maximum Gasteiger partial charge on any atom is 0.223 e. The van der Waals surface area contributed by atoms with Crippen LogP contribution in [-0.4, -0.2) is 28.8 Å². The van der Waals surface area contributed by atoms with Gasteiger partial charge in [-0.3, -0.25) is 4.79 Å². The van der Waals surface area contributed by atoms with E-state index in [9.17, 15) is 15.0 Å². The minimum Gasteiger partial charge on any atom is -0.394 e. The summed E-state index contributed by atoms with van der Waals surface area (Å²) in [6, 6.07) is 8.58. The third kappa shape index (κ3) is 6.05. The van der Waals surface area contributed by atoms with E-state index in [1.54, 1.807) is 0 Å². The molecule has 2 aliphatic rings. The number of hydrogen-bond donors (Lipinski definition) is 3. The van der Waals surface area contributed by atoms with Crippen molar-refractivity contribution in [3.8, 4) is 0 Å². The second-order valence-corrected chi connectivity index (χ2v) is 8.96. The van der Waals surface area contributed by atoms with Crippen LogP contribution in [0.3, 0.4) is 0 Å². The molecule has 0 saturated heterocycles. The fourth-order valence-corrected chi connectivity index (χ4v) is 5.15. The summed E-state index contributed by atoms with van der Waals surface area (Å²) in [7, 11) is 0. The Morgan fingerprint density at radius 3 is 2.36 bits per heavy atom. The number of hydrogen-bond acceptors (Lipinski definition) is 3. The summed E-state index contributed by atoms with van der Waals surface area (Å²) in [6.07, 6.45) is 12.9. The summed E-state index contributed by atoms with van der Waals surface area (Å²) >= 11 is 0. The molecule has 1 amide bonds. The molecular weight excluding hydrogens is 350 g/mol. The summed E-state index contributed by atoms with van der Waals surface area (Å²) in [5.74, 6) is 1.57. The van der Waals surface area contributed by atoms with Crippen molar-refractivity contribution in [2.45, 2.75) is 82.8 Å². The maximum atomic E-state index is 12.8. The first-order valence-corrected chi connectivity index (χ1v) is 11.3. The predicted octanol–water partition coefficient (Wildman–Crippen LogP) is 4.36. The van der Waals surface area contributed by atoms with Gasteiger partial charge in [0, 0.05) is 5.92 Å². The summed E-state index contributed by atoms with van der Waals surface area (Å²) in [6.45, 7) is -0.264. The molecule has 0 aliphatic heterocycles. The summed E-state index contributed by atoms with van der Waals surface area (Å²) in [5.41, 5.74) is 0.718. The molecule has 0 heterocycles. The minimum atomic E-state index is -0.888. The van der Waals surface area contributed by atoms with Crippen LogP contribution >= 0.6 is 0 Å². The lowest BCUT2D eigenvalue weighted by atomic mass is 9.76. The van der Waals surface area contributed by atoms with Crippen LogP contribution in [0.25, 0.3) is 0 Å². The smallest absolute Gasteiger partial charge is 0.223 e. The molecule has 2 saturated carbocycles. The van der Waals surface area contributed by atoms with Gasteiger partial charge in [-0.05, 0) is 30.2 Å². The van der Waals surface area contributed by atoms with Crippen LogP contribution in [-0.2, 0) is 4.79 Å². The van der Waals surface area contributed by atoms with Crippen molar-refractivity contribution in [1.29, 1.82) is 0 Å². The molecule has 1 aromatic rings. The molecule has 156 valence electrons. The Morgan fingerprint density at radius 1 is 0.964 bits per heavy atom. The van der Waals surface area contributed by atoms with Crippen molar-refractivity contribution >= 4 is 5.91 Å². The molecular formula is C24H37NO3. The van der Waals surface area contributed by atoms with Crippen molar-refractivity contribution < 1.29 is 15.0 Å². The maximum absolute atomic E-state index is 12.8. The van der Waals surface area contributed by atoms with Gasteiger partial charge >= 0.3 is 0 Å². The van der Waals surface area contributed by atoms with E-state index in [4.69, 9.17) is 0 Å². The Morgan fingerprint density at radius 2 is 1.64 bits per heavy atom. The number of amides is 1. The highest BCUT2D eigenvalue weighted by atomic mass is 16.3. The van der Waals surface area contributed by atoms with Crippen molar-refractivity contribution in [2.24, 2.45) is 17.8 Å². The van der Waals surface area contributed by atoms with E-state index >= 15 is 0 Å². The van der Waals surface area contributed by atoms with Crippen molar-refractivity contribution in [3.05, 3.63) is 35.9 Å². The van der Waals surface area contributed by atoms with Crippen LogP contribution in [0.1, 0.15) is 82.3 Å². The number of carbonyl (C=O) groups excluding carboxylic acids is 1. The van der Waals surface area contributed by atoms with Gasteiger partial charge in [-0.1, -0.05) is 88.1 Å². The zero-order chi connectivity index (χ0) is 19.8. The van der Waals surface area contributed by atoms with Crippen LogP contribution in [0, 0.1) is 17.8 Å². The zero-order valence-corrected chi connectivity index (χ0v) is 17.1. The van der Waals surface area contributed by atoms with E-state index in [1.807, 2.05) is 30.3 Å². The van der Waals surface area contributed by atoms with Gasteiger partial charge in [-0.2, -0.15) is 0 Å². The molecule has 0 spiro atoms. The molecule has 0 bridgehead atoms. The molecule has 2 aliphatic carbocycles. The standard InChI is InChI=1S/C24H37NO3/c26-17-22(23(27)20-11-5-2-6-12-20)25-24(28)21-13-7-10-19(16-21)15-14-18-8-3-1-4-9-18/h2,5-6,11-12,18-19,21-23,26-27H,1,3-4,7-10,13-17H2,(H,25,28)/t19-,21-,22+,23+/m0/s1. The van der Waals surface area contributed by atoms with E-state index < -0.39 is 12.1 Å². The van der Waals surface area contributed by atoms with Crippen molar-refractivity contribution in [2.75, 3.05) is 6.61 Å². The molecule has 1 aromatic carbocycles. The van der Waals surface area contributed by atoms with E-state index in [1.165, 1.54) is 51.4 Å². The van der Waals surface area contributed by atoms with E-state index in [0.717, 1.165) is 30.7 Å². The summed E-state index contributed by atoms with van der Waals surface area (Å²) in [4.78, 5) is 12.8. The first-order chi connectivity index (χ1) is 13.7. The van der Waals surface area contributed by atoms with E-state index in [2.05, 4.69) is 5.32 Å². The Hall–Kier alpha value is -1.39. The number of nitrogens with one attached hydrogen (secondary N) is 1. The SMILES string of the molecule is O=C(N[C@H](CO)[C@H](O)c1ccccc1)[C@H]1CCC[C@@H](CCC2CCCCC2)C1. The first-order valence-electron chi connectivity index (χ1n) is 11.3. The van der Waals surface area contributed by atoms with Gasteiger partial charge in [0.05, 0.1) is 12.6 Å². The van der Waals surface area contributed by atoms with Crippen LogP contribution in [0.5, 0.6) is 0 Å². The molecule has 4 nitrogen and oxygen atoms in total. The molecule has 4 atom stereocenters. The lowest BCUT2D eigenvalue weighted by Crippen LogP contribution is -2.45. The molecule has 4 heteroatoms. The predicted molar refractivity (Wildman–Crippen MR) is 112 cm³/mol. The molecule has 2 fully saturated rings. The number of benzene rings is 1. The summed E-state index contributed by atoms with van der Waals surface area (Å²) in [5, 5.41) is 23.2. The average Bonchev–Trinajstić information content (AvgIpc) is 2.77. The van der Waals surface area contributed by atoms with Crippen LogP contribution in [0.2, 0.25) is 0 Å². The third-order valence-electron chi connectivity index (χ3n) is 6.91. The largest absolute Gasteiger partial charge is 0.394 e. The second-order valence-electron chi connectivity index (χ2n) is 8.96. The Bertz CT molecular complexity index is 585. The molecule has 0 aromatic heterocycles. The lowest BCUT2D eigenvalue weighted by Gasteiger charge is -2.32. The van der Waals surface area contributed by atoms with Crippen LogP contribution in [0.15, 0.2) is 30.3 Å². The van der Waals surface area contributed by atoms with Gasteiger partial charge in [-0.25, -0.2) is 0 Å². The highest BCUT2D eigenvalue weighted by Gasteiger charge is 2.30. The summed E-state index contributed by atoms with van der Waals surface area (Å²) < 4.78 is 0. The topological polar surface area (TPSA) is 69.6 Å². The van der Waals surface area contributed by atoms with Gasteiger partial charge in [-0.15, -0.1) is 0 Å². The minimum absolute atomic E-state index is 0.00334. The molecule has 0 unspecified atom stereocenters.